The summed E-state index contributed by atoms with van der Waals surface area (Å²) in [5.41, 5.74) is 5.98. The van der Waals surface area contributed by atoms with Crippen molar-refractivity contribution in [1.29, 1.82) is 0 Å². The molecule has 3 N–H and O–H groups in total. The van der Waals surface area contributed by atoms with E-state index in [-0.39, 0.29) is 24.9 Å². The van der Waals surface area contributed by atoms with E-state index in [1.807, 2.05) is 13.8 Å². The van der Waals surface area contributed by atoms with Gasteiger partial charge in [0.2, 0.25) is 0 Å². The number of aliphatic hydroxyl groups excluding tert-OH is 1. The van der Waals surface area contributed by atoms with Crippen LogP contribution in [-0.4, -0.2) is 43.2 Å². The highest BCUT2D eigenvalue weighted by molar-refractivity contribution is 4.75. The van der Waals surface area contributed by atoms with E-state index in [0.29, 0.717) is 19.1 Å². The minimum atomic E-state index is -0.294. The Labute approximate surface area is 99.1 Å². The molecule has 0 rings (SSSR count). The number of rotatable bonds is 9. The number of hydrogen-bond acceptors (Lipinski definition) is 4. The monoisotopic (exact) mass is 233 g/mol. The zero-order chi connectivity index (χ0) is 12.6. The lowest BCUT2D eigenvalue weighted by Crippen LogP contribution is -2.42. The van der Waals surface area contributed by atoms with E-state index in [1.165, 1.54) is 0 Å². The molecule has 0 aliphatic heterocycles. The van der Waals surface area contributed by atoms with Gasteiger partial charge in [-0.15, -0.1) is 0 Å². The van der Waals surface area contributed by atoms with Crippen LogP contribution in [0.15, 0.2) is 0 Å². The van der Waals surface area contributed by atoms with Crippen molar-refractivity contribution in [3.63, 3.8) is 0 Å². The van der Waals surface area contributed by atoms with Crippen molar-refractivity contribution in [2.75, 3.05) is 19.8 Å². The minimum Gasteiger partial charge on any atom is -0.394 e. The average molecular weight is 233 g/mol. The first-order valence-electron chi connectivity index (χ1n) is 6.10. The molecule has 0 aliphatic rings. The van der Waals surface area contributed by atoms with Gasteiger partial charge >= 0.3 is 0 Å². The molecule has 0 aromatic rings. The molecular formula is C12H27NO3. The van der Waals surface area contributed by atoms with E-state index in [4.69, 9.17) is 15.2 Å². The Hall–Kier alpha value is -0.160. The fourth-order valence-electron chi connectivity index (χ4n) is 1.60. The van der Waals surface area contributed by atoms with Crippen molar-refractivity contribution < 1.29 is 14.6 Å². The van der Waals surface area contributed by atoms with Gasteiger partial charge in [-0.1, -0.05) is 13.8 Å². The van der Waals surface area contributed by atoms with Gasteiger partial charge in [0.25, 0.3) is 0 Å². The topological polar surface area (TPSA) is 64.7 Å². The second-order valence-electron chi connectivity index (χ2n) is 4.62. The molecule has 4 nitrogen and oxygen atoms in total. The summed E-state index contributed by atoms with van der Waals surface area (Å²) in [7, 11) is 0. The van der Waals surface area contributed by atoms with Gasteiger partial charge in [0.15, 0.2) is 0 Å². The SMILES string of the molecule is CCOCC(C)OC(CO)C(N)CC(C)C. The van der Waals surface area contributed by atoms with Crippen LogP contribution in [0.4, 0.5) is 0 Å². The maximum Gasteiger partial charge on any atom is 0.0960 e. The van der Waals surface area contributed by atoms with Gasteiger partial charge in [-0.3, -0.25) is 0 Å². The maximum absolute atomic E-state index is 9.24. The summed E-state index contributed by atoms with van der Waals surface area (Å²) in [6.07, 6.45) is 0.528. The van der Waals surface area contributed by atoms with Gasteiger partial charge in [-0.2, -0.15) is 0 Å². The highest BCUT2D eigenvalue weighted by Crippen LogP contribution is 2.10. The van der Waals surface area contributed by atoms with Gasteiger partial charge in [0, 0.05) is 12.6 Å². The zero-order valence-electron chi connectivity index (χ0n) is 11.0. The molecular weight excluding hydrogens is 206 g/mol. The highest BCUT2D eigenvalue weighted by Gasteiger charge is 2.21. The van der Waals surface area contributed by atoms with Gasteiger partial charge in [-0.05, 0) is 26.2 Å². The Morgan fingerprint density at radius 3 is 2.31 bits per heavy atom. The van der Waals surface area contributed by atoms with Crippen LogP contribution < -0.4 is 5.73 Å². The molecule has 0 saturated heterocycles. The number of hydrogen-bond donors (Lipinski definition) is 2. The largest absolute Gasteiger partial charge is 0.394 e. The lowest BCUT2D eigenvalue weighted by molar-refractivity contribution is -0.0753. The van der Waals surface area contributed by atoms with E-state index in [2.05, 4.69) is 13.8 Å². The van der Waals surface area contributed by atoms with Crippen molar-refractivity contribution >= 4 is 0 Å². The van der Waals surface area contributed by atoms with Crippen LogP contribution in [0.1, 0.15) is 34.1 Å². The zero-order valence-corrected chi connectivity index (χ0v) is 11.0. The molecule has 0 aliphatic carbocycles. The van der Waals surface area contributed by atoms with Crippen LogP contribution in [0.5, 0.6) is 0 Å². The van der Waals surface area contributed by atoms with Gasteiger partial charge in [-0.25, -0.2) is 0 Å². The van der Waals surface area contributed by atoms with Gasteiger partial charge in [0.05, 0.1) is 25.4 Å². The summed E-state index contributed by atoms with van der Waals surface area (Å²) < 4.78 is 10.9. The third-order valence-corrected chi connectivity index (χ3v) is 2.36. The van der Waals surface area contributed by atoms with Gasteiger partial charge < -0.3 is 20.3 Å². The first-order chi connectivity index (χ1) is 7.51. The fourth-order valence-corrected chi connectivity index (χ4v) is 1.60. The first kappa shape index (κ1) is 15.8. The smallest absolute Gasteiger partial charge is 0.0960 e. The Morgan fingerprint density at radius 2 is 1.88 bits per heavy atom. The third kappa shape index (κ3) is 7.17. The molecule has 0 amide bonds. The standard InChI is InChI=1S/C12H27NO3/c1-5-15-8-10(4)16-12(7-14)11(13)6-9(2)3/h9-12,14H,5-8,13H2,1-4H3. The summed E-state index contributed by atoms with van der Waals surface area (Å²) in [6.45, 7) is 9.28. The van der Waals surface area contributed by atoms with Crippen molar-refractivity contribution in [3.8, 4) is 0 Å². The van der Waals surface area contributed by atoms with Crippen LogP contribution >= 0.6 is 0 Å². The summed E-state index contributed by atoms with van der Waals surface area (Å²) in [5.74, 6) is 0.509. The molecule has 0 aromatic heterocycles. The summed E-state index contributed by atoms with van der Waals surface area (Å²) in [6, 6.07) is -0.117. The second-order valence-corrected chi connectivity index (χ2v) is 4.62. The third-order valence-electron chi connectivity index (χ3n) is 2.36. The molecule has 0 radical (unpaired) electrons. The predicted octanol–water partition coefficient (Wildman–Crippen LogP) is 1.16. The molecule has 0 fully saturated rings. The van der Waals surface area contributed by atoms with Crippen LogP contribution in [0.2, 0.25) is 0 Å². The van der Waals surface area contributed by atoms with Crippen molar-refractivity contribution in [2.45, 2.75) is 52.4 Å². The Bertz CT molecular complexity index is 164. The molecule has 3 unspecified atom stereocenters. The van der Waals surface area contributed by atoms with E-state index >= 15 is 0 Å². The Kier molecular flexibility index (Phi) is 8.84. The average Bonchev–Trinajstić information content (AvgIpc) is 2.21. The summed E-state index contributed by atoms with van der Waals surface area (Å²) in [5, 5.41) is 9.24. The number of aliphatic hydroxyl groups is 1. The minimum absolute atomic E-state index is 0.0321. The van der Waals surface area contributed by atoms with Crippen molar-refractivity contribution in [3.05, 3.63) is 0 Å². The summed E-state index contributed by atoms with van der Waals surface area (Å²) >= 11 is 0. The number of ether oxygens (including phenoxy) is 2. The molecule has 0 bridgehead atoms. The summed E-state index contributed by atoms with van der Waals surface area (Å²) in [4.78, 5) is 0. The Balaban J connectivity index is 3.97. The van der Waals surface area contributed by atoms with Crippen LogP contribution in [0.25, 0.3) is 0 Å². The van der Waals surface area contributed by atoms with Crippen molar-refractivity contribution in [2.24, 2.45) is 11.7 Å². The second kappa shape index (κ2) is 8.93. The fraction of sp³-hybridized carbons (Fsp3) is 1.00. The lowest BCUT2D eigenvalue weighted by Gasteiger charge is -2.26. The van der Waals surface area contributed by atoms with Crippen LogP contribution in [0.3, 0.4) is 0 Å². The van der Waals surface area contributed by atoms with Gasteiger partial charge in [0.1, 0.15) is 0 Å². The maximum atomic E-state index is 9.24. The molecule has 4 heteroatoms. The Morgan fingerprint density at radius 1 is 1.25 bits per heavy atom. The van der Waals surface area contributed by atoms with Crippen LogP contribution in [-0.2, 0) is 9.47 Å². The molecule has 0 aromatic carbocycles. The van der Waals surface area contributed by atoms with Crippen molar-refractivity contribution in [1.82, 2.24) is 0 Å². The normalized spacial score (nSPS) is 17.4. The molecule has 0 saturated carbocycles. The highest BCUT2D eigenvalue weighted by atomic mass is 16.5. The first-order valence-corrected chi connectivity index (χ1v) is 6.10. The molecule has 3 atom stereocenters. The molecule has 0 spiro atoms. The van der Waals surface area contributed by atoms with E-state index in [9.17, 15) is 5.11 Å². The van der Waals surface area contributed by atoms with E-state index in [0.717, 1.165) is 6.42 Å². The van der Waals surface area contributed by atoms with E-state index < -0.39 is 0 Å². The molecule has 0 heterocycles. The number of nitrogens with two attached hydrogens (primary N) is 1. The predicted molar refractivity (Wildman–Crippen MR) is 65.3 cm³/mol. The molecule has 16 heavy (non-hydrogen) atoms. The van der Waals surface area contributed by atoms with E-state index in [1.54, 1.807) is 0 Å². The van der Waals surface area contributed by atoms with Crippen LogP contribution in [0, 0.1) is 5.92 Å². The lowest BCUT2D eigenvalue weighted by atomic mass is 10.0. The quantitative estimate of drug-likeness (QED) is 0.627. The molecule has 98 valence electrons.